The zero-order valence-corrected chi connectivity index (χ0v) is 14.2. The first-order valence-corrected chi connectivity index (χ1v) is 8.48. The van der Waals surface area contributed by atoms with Crippen molar-refractivity contribution in [1.82, 2.24) is 19.7 Å². The Morgan fingerprint density at radius 3 is 2.50 bits per heavy atom. The van der Waals surface area contributed by atoms with E-state index in [0.29, 0.717) is 18.2 Å². The molecule has 0 unspecified atom stereocenters. The molecule has 3 aromatic rings. The standard InChI is InChI=1S/C18H18F3N5/c1-12-9-13(26-8-2-5-24-26)11-25(10-12)15-4-3-14(18(19,20)21)16-17(15)23-7-6-22-16/h2-8,12-13H,9-11H2,1H3/t12-,13+/m0/s1. The van der Waals surface area contributed by atoms with Crippen molar-refractivity contribution in [3.63, 3.8) is 0 Å². The SMILES string of the molecule is C[C@H]1C[C@@H](n2cccn2)CN(c2ccc(C(F)(F)F)c3nccnc23)C1. The molecule has 3 heterocycles. The van der Waals surface area contributed by atoms with Crippen molar-refractivity contribution in [1.29, 1.82) is 0 Å². The lowest BCUT2D eigenvalue weighted by molar-refractivity contribution is -0.136. The Morgan fingerprint density at radius 2 is 1.81 bits per heavy atom. The Kier molecular flexibility index (Phi) is 4.05. The van der Waals surface area contributed by atoms with Gasteiger partial charge in [-0.25, -0.2) is 0 Å². The van der Waals surface area contributed by atoms with Crippen molar-refractivity contribution >= 4 is 16.7 Å². The van der Waals surface area contributed by atoms with E-state index in [1.807, 2.05) is 16.9 Å². The fraction of sp³-hybridized carbons (Fsp3) is 0.389. The minimum absolute atomic E-state index is 0.105. The summed E-state index contributed by atoms with van der Waals surface area (Å²) in [6.45, 7) is 3.57. The molecule has 8 heteroatoms. The minimum Gasteiger partial charge on any atom is -0.367 e. The fourth-order valence-corrected chi connectivity index (χ4v) is 3.73. The third kappa shape index (κ3) is 3.00. The summed E-state index contributed by atoms with van der Waals surface area (Å²) in [4.78, 5) is 10.3. The van der Waals surface area contributed by atoms with E-state index in [0.717, 1.165) is 19.0 Å². The van der Waals surface area contributed by atoms with Crippen LogP contribution in [0, 0.1) is 5.92 Å². The van der Waals surface area contributed by atoms with Gasteiger partial charge in [-0.3, -0.25) is 14.6 Å². The second-order valence-corrected chi connectivity index (χ2v) is 6.77. The molecule has 1 fully saturated rings. The lowest BCUT2D eigenvalue weighted by Gasteiger charge is -2.38. The zero-order chi connectivity index (χ0) is 18.3. The number of aromatic nitrogens is 4. The van der Waals surface area contributed by atoms with Crippen LogP contribution in [0.2, 0.25) is 0 Å². The highest BCUT2D eigenvalue weighted by atomic mass is 19.4. The van der Waals surface area contributed by atoms with E-state index in [2.05, 4.69) is 26.9 Å². The van der Waals surface area contributed by atoms with Gasteiger partial charge in [0.25, 0.3) is 0 Å². The average Bonchev–Trinajstić information content (AvgIpc) is 3.14. The van der Waals surface area contributed by atoms with Crippen LogP contribution < -0.4 is 4.90 Å². The largest absolute Gasteiger partial charge is 0.418 e. The van der Waals surface area contributed by atoms with Crippen LogP contribution in [0.4, 0.5) is 18.9 Å². The maximum absolute atomic E-state index is 13.3. The molecule has 0 N–H and O–H groups in total. The molecule has 5 nitrogen and oxygen atoms in total. The van der Waals surface area contributed by atoms with E-state index < -0.39 is 11.7 Å². The summed E-state index contributed by atoms with van der Waals surface area (Å²) in [6, 6.07) is 4.66. The highest BCUT2D eigenvalue weighted by molar-refractivity contribution is 5.90. The predicted molar refractivity (Wildman–Crippen MR) is 91.8 cm³/mol. The van der Waals surface area contributed by atoms with E-state index in [1.54, 1.807) is 6.20 Å². The summed E-state index contributed by atoms with van der Waals surface area (Å²) < 4.78 is 41.8. The number of alkyl halides is 3. The van der Waals surface area contributed by atoms with Gasteiger partial charge in [-0.1, -0.05) is 6.92 Å². The second kappa shape index (κ2) is 6.26. The van der Waals surface area contributed by atoms with Gasteiger partial charge in [0.1, 0.15) is 11.0 Å². The molecule has 1 aliphatic rings. The molecule has 0 spiro atoms. The van der Waals surface area contributed by atoms with E-state index in [9.17, 15) is 13.2 Å². The highest BCUT2D eigenvalue weighted by Gasteiger charge is 2.35. The number of halogens is 3. The molecular weight excluding hydrogens is 343 g/mol. The normalized spacial score (nSPS) is 21.3. The topological polar surface area (TPSA) is 46.8 Å². The average molecular weight is 361 g/mol. The minimum atomic E-state index is -4.46. The maximum atomic E-state index is 13.3. The number of anilines is 1. The van der Waals surface area contributed by atoms with Gasteiger partial charge in [0.15, 0.2) is 0 Å². The summed E-state index contributed by atoms with van der Waals surface area (Å²) in [5, 5.41) is 4.32. The van der Waals surface area contributed by atoms with Crippen LogP contribution in [0.1, 0.15) is 24.9 Å². The molecule has 0 bridgehead atoms. The fourth-order valence-electron chi connectivity index (χ4n) is 3.73. The molecular formula is C18H18F3N5. The first kappa shape index (κ1) is 16.8. The van der Waals surface area contributed by atoms with E-state index in [-0.39, 0.29) is 17.1 Å². The van der Waals surface area contributed by atoms with Gasteiger partial charge in [0.05, 0.1) is 17.3 Å². The number of hydrogen-bond donors (Lipinski definition) is 0. The first-order valence-electron chi connectivity index (χ1n) is 8.48. The van der Waals surface area contributed by atoms with Gasteiger partial charge < -0.3 is 4.90 Å². The van der Waals surface area contributed by atoms with Crippen molar-refractivity contribution in [2.75, 3.05) is 18.0 Å². The summed E-state index contributed by atoms with van der Waals surface area (Å²) in [5.74, 6) is 0.381. The van der Waals surface area contributed by atoms with Gasteiger partial charge in [-0.05, 0) is 30.5 Å². The number of rotatable bonds is 2. The Labute approximate surface area is 148 Å². The predicted octanol–water partition coefficient (Wildman–Crippen LogP) is 3.93. The Balaban J connectivity index is 1.77. The number of hydrogen-bond acceptors (Lipinski definition) is 4. The Hall–Kier alpha value is -2.64. The van der Waals surface area contributed by atoms with Crippen LogP contribution in [0.15, 0.2) is 43.0 Å². The third-order valence-corrected chi connectivity index (χ3v) is 4.79. The molecule has 2 atom stereocenters. The van der Waals surface area contributed by atoms with Crippen molar-refractivity contribution in [3.05, 3.63) is 48.5 Å². The lowest BCUT2D eigenvalue weighted by atomic mass is 9.95. The molecule has 2 aromatic heterocycles. The zero-order valence-electron chi connectivity index (χ0n) is 14.2. The molecule has 1 aromatic carbocycles. The van der Waals surface area contributed by atoms with Crippen LogP contribution in [0.25, 0.3) is 11.0 Å². The van der Waals surface area contributed by atoms with Gasteiger partial charge in [0, 0.05) is 37.9 Å². The molecule has 1 aliphatic heterocycles. The molecule has 0 amide bonds. The monoisotopic (exact) mass is 361 g/mol. The molecule has 4 rings (SSSR count). The summed E-state index contributed by atoms with van der Waals surface area (Å²) >= 11 is 0. The van der Waals surface area contributed by atoms with Crippen molar-refractivity contribution < 1.29 is 13.2 Å². The Bertz CT molecular complexity index is 907. The number of fused-ring (bicyclic) bond motifs is 1. The maximum Gasteiger partial charge on any atom is 0.418 e. The molecule has 26 heavy (non-hydrogen) atoms. The van der Waals surface area contributed by atoms with Crippen molar-refractivity contribution in [2.45, 2.75) is 25.6 Å². The van der Waals surface area contributed by atoms with Gasteiger partial charge >= 0.3 is 6.18 Å². The van der Waals surface area contributed by atoms with E-state index in [1.165, 1.54) is 18.5 Å². The van der Waals surface area contributed by atoms with E-state index >= 15 is 0 Å². The van der Waals surface area contributed by atoms with Gasteiger partial charge in [0.2, 0.25) is 0 Å². The molecule has 0 saturated carbocycles. The summed E-state index contributed by atoms with van der Waals surface area (Å²) in [6.07, 6.45) is 2.91. The third-order valence-electron chi connectivity index (χ3n) is 4.79. The number of piperidine rings is 1. The summed E-state index contributed by atoms with van der Waals surface area (Å²) in [5.41, 5.74) is 0.116. The van der Waals surface area contributed by atoms with Crippen LogP contribution in [0.3, 0.4) is 0 Å². The molecule has 0 aliphatic carbocycles. The Morgan fingerprint density at radius 1 is 1.04 bits per heavy atom. The van der Waals surface area contributed by atoms with E-state index in [4.69, 9.17) is 0 Å². The number of benzene rings is 1. The number of nitrogens with zero attached hydrogens (tertiary/aromatic N) is 5. The lowest BCUT2D eigenvalue weighted by Crippen LogP contribution is -2.41. The van der Waals surface area contributed by atoms with Crippen molar-refractivity contribution in [3.8, 4) is 0 Å². The quantitative estimate of drug-likeness (QED) is 0.694. The molecule has 1 saturated heterocycles. The second-order valence-electron chi connectivity index (χ2n) is 6.77. The smallest absolute Gasteiger partial charge is 0.367 e. The summed E-state index contributed by atoms with van der Waals surface area (Å²) in [7, 11) is 0. The van der Waals surface area contributed by atoms with Gasteiger partial charge in [-0.15, -0.1) is 0 Å². The molecule has 136 valence electrons. The van der Waals surface area contributed by atoms with Crippen LogP contribution in [-0.2, 0) is 6.18 Å². The van der Waals surface area contributed by atoms with Crippen molar-refractivity contribution in [2.24, 2.45) is 5.92 Å². The molecule has 0 radical (unpaired) electrons. The highest BCUT2D eigenvalue weighted by Crippen LogP contribution is 2.38. The first-order chi connectivity index (χ1) is 12.4. The van der Waals surface area contributed by atoms with Crippen LogP contribution in [0.5, 0.6) is 0 Å². The van der Waals surface area contributed by atoms with Gasteiger partial charge in [-0.2, -0.15) is 18.3 Å². The van der Waals surface area contributed by atoms with Crippen LogP contribution in [-0.4, -0.2) is 32.8 Å². The van der Waals surface area contributed by atoms with Crippen LogP contribution >= 0.6 is 0 Å².